The van der Waals surface area contributed by atoms with Crippen molar-refractivity contribution in [3.63, 3.8) is 0 Å². The van der Waals surface area contributed by atoms with Crippen molar-refractivity contribution < 1.29 is 29.3 Å². The first-order chi connectivity index (χ1) is 22.6. The Bertz CT molecular complexity index is 1790. The number of ketones is 2. The first kappa shape index (κ1) is 35.5. The molecule has 0 aliphatic heterocycles. The molecule has 0 aliphatic rings. The van der Waals surface area contributed by atoms with E-state index in [2.05, 4.69) is 6.58 Å². The number of rotatable bonds is 12. The molecule has 0 saturated heterocycles. The van der Waals surface area contributed by atoms with E-state index in [4.69, 9.17) is 20.9 Å². The van der Waals surface area contributed by atoms with Crippen LogP contribution in [0, 0.1) is 0 Å². The largest absolute Gasteiger partial charge is 0.508 e. The normalized spacial score (nSPS) is 11.0. The van der Waals surface area contributed by atoms with E-state index in [9.17, 15) is 19.8 Å². The quantitative estimate of drug-likeness (QED) is 0.0541. The van der Waals surface area contributed by atoms with Gasteiger partial charge < -0.3 is 31.2 Å². The molecule has 0 radical (unpaired) electrons. The molecule has 4 aromatic carbocycles. The van der Waals surface area contributed by atoms with Gasteiger partial charge in [-0.1, -0.05) is 18.2 Å². The second-order valence-corrected chi connectivity index (χ2v) is 10.4. The number of allylic oxidation sites excluding steroid dienone is 5. The van der Waals surface area contributed by atoms with Gasteiger partial charge in [0.05, 0.1) is 14.2 Å². The highest BCUT2D eigenvalue weighted by Crippen LogP contribution is 2.31. The maximum absolute atomic E-state index is 12.2. The topological polar surface area (TPSA) is 145 Å². The standard InChI is InChI=1S/C20H21NO3.C19H19NO3/c1-3-4-5-15-12-16(20(24-2)13-19(15)23)8-11-18(22)14-6-9-17(21)10-7-14;1-3-4-14-11-15(19(23-2)12-18(14)22)7-10-17(21)13-5-8-16(20)9-6-13/h3-4,6-13,23H,5,21H2,1-2H3;3,5-12,22H,1,4,20H2,2H3. The van der Waals surface area contributed by atoms with Gasteiger partial charge in [-0.15, -0.1) is 6.58 Å². The highest BCUT2D eigenvalue weighted by atomic mass is 16.5. The van der Waals surface area contributed by atoms with Crippen LogP contribution >= 0.6 is 0 Å². The summed E-state index contributed by atoms with van der Waals surface area (Å²) in [5.74, 6) is 1.07. The van der Waals surface area contributed by atoms with Gasteiger partial charge in [0.25, 0.3) is 0 Å². The molecule has 4 aromatic rings. The van der Waals surface area contributed by atoms with Crippen LogP contribution in [-0.4, -0.2) is 36.0 Å². The lowest BCUT2D eigenvalue weighted by Crippen LogP contribution is -1.96. The van der Waals surface area contributed by atoms with Crippen LogP contribution < -0.4 is 20.9 Å². The van der Waals surface area contributed by atoms with E-state index < -0.39 is 0 Å². The lowest BCUT2D eigenvalue weighted by Gasteiger charge is -2.09. The molecule has 8 nitrogen and oxygen atoms in total. The van der Waals surface area contributed by atoms with Gasteiger partial charge in [0.15, 0.2) is 11.6 Å². The summed E-state index contributed by atoms with van der Waals surface area (Å²) in [4.78, 5) is 24.4. The molecule has 0 aliphatic carbocycles. The second kappa shape index (κ2) is 17.5. The summed E-state index contributed by atoms with van der Waals surface area (Å²) in [6.45, 7) is 5.59. The summed E-state index contributed by atoms with van der Waals surface area (Å²) in [6, 6.07) is 20.2. The van der Waals surface area contributed by atoms with E-state index in [1.165, 1.54) is 32.4 Å². The number of anilines is 2. The number of aromatic hydroxyl groups is 2. The van der Waals surface area contributed by atoms with E-state index >= 15 is 0 Å². The SMILES string of the molecule is C=CCc1cc(C=CC(=O)c2ccc(N)cc2)c(OC)cc1O.CC=CCc1cc(C=CC(=O)c2ccc(N)cc2)c(OC)cc1O. The molecule has 47 heavy (non-hydrogen) atoms. The molecule has 0 fully saturated rings. The Balaban J connectivity index is 0.000000256. The Hall–Kier alpha value is -6.02. The Morgan fingerprint density at radius 1 is 0.702 bits per heavy atom. The number of nitrogen functional groups attached to an aromatic ring is 2. The molecule has 8 heteroatoms. The second-order valence-electron chi connectivity index (χ2n) is 10.4. The summed E-state index contributed by atoms with van der Waals surface area (Å²) in [5, 5.41) is 20.0. The third-order valence-corrected chi connectivity index (χ3v) is 7.02. The molecule has 0 atom stereocenters. The highest BCUT2D eigenvalue weighted by Gasteiger charge is 2.10. The third kappa shape index (κ3) is 10.3. The Morgan fingerprint density at radius 3 is 1.47 bits per heavy atom. The van der Waals surface area contributed by atoms with Crippen LogP contribution in [0.15, 0.2) is 110 Å². The number of hydrogen-bond donors (Lipinski definition) is 4. The lowest BCUT2D eigenvalue weighted by atomic mass is 10.0. The Labute approximate surface area is 275 Å². The van der Waals surface area contributed by atoms with Gasteiger partial charge in [0.1, 0.15) is 23.0 Å². The maximum Gasteiger partial charge on any atom is 0.185 e. The van der Waals surface area contributed by atoms with Crippen molar-refractivity contribution in [1.29, 1.82) is 0 Å². The van der Waals surface area contributed by atoms with E-state index in [1.54, 1.807) is 78.9 Å². The Kier molecular flexibility index (Phi) is 13.2. The average Bonchev–Trinajstić information content (AvgIpc) is 3.07. The van der Waals surface area contributed by atoms with E-state index in [1.807, 2.05) is 25.1 Å². The highest BCUT2D eigenvalue weighted by molar-refractivity contribution is 6.07. The minimum atomic E-state index is -0.134. The fourth-order valence-electron chi connectivity index (χ4n) is 4.43. The van der Waals surface area contributed by atoms with Crippen molar-refractivity contribution in [2.75, 3.05) is 25.7 Å². The molecule has 0 heterocycles. The van der Waals surface area contributed by atoms with Crippen LogP contribution in [-0.2, 0) is 12.8 Å². The third-order valence-electron chi connectivity index (χ3n) is 7.02. The monoisotopic (exact) mass is 632 g/mol. The Morgan fingerprint density at radius 2 is 1.11 bits per heavy atom. The fraction of sp³-hybridized carbons (Fsp3) is 0.128. The van der Waals surface area contributed by atoms with Gasteiger partial charge in [-0.05, 0) is 116 Å². The zero-order valence-electron chi connectivity index (χ0n) is 26.8. The van der Waals surface area contributed by atoms with Crippen molar-refractivity contribution in [2.45, 2.75) is 19.8 Å². The smallest absolute Gasteiger partial charge is 0.185 e. The summed E-state index contributed by atoms with van der Waals surface area (Å²) < 4.78 is 10.5. The first-order valence-corrected chi connectivity index (χ1v) is 14.8. The van der Waals surface area contributed by atoms with Crippen LogP contribution in [0.4, 0.5) is 11.4 Å². The molecule has 0 amide bonds. The van der Waals surface area contributed by atoms with Crippen LogP contribution in [0.3, 0.4) is 0 Å². The molecular formula is C39H40N2O6. The minimum Gasteiger partial charge on any atom is -0.508 e. The number of phenolic OH excluding ortho intramolecular Hbond substituents is 2. The van der Waals surface area contributed by atoms with Crippen LogP contribution in [0.2, 0.25) is 0 Å². The molecular weight excluding hydrogens is 592 g/mol. The van der Waals surface area contributed by atoms with Crippen molar-refractivity contribution in [1.82, 2.24) is 0 Å². The van der Waals surface area contributed by atoms with Gasteiger partial charge in [-0.2, -0.15) is 0 Å². The van der Waals surface area contributed by atoms with Crippen LogP contribution in [0.5, 0.6) is 23.0 Å². The predicted molar refractivity (Wildman–Crippen MR) is 190 cm³/mol. The van der Waals surface area contributed by atoms with Crippen molar-refractivity contribution in [2.24, 2.45) is 0 Å². The number of carbonyl (C=O) groups is 2. The number of ether oxygens (including phenoxy) is 2. The molecule has 0 unspecified atom stereocenters. The van der Waals surface area contributed by atoms with Gasteiger partial charge in [-0.25, -0.2) is 0 Å². The fourth-order valence-corrected chi connectivity index (χ4v) is 4.43. The number of phenols is 2. The van der Waals surface area contributed by atoms with Gasteiger partial charge >= 0.3 is 0 Å². The summed E-state index contributed by atoms with van der Waals surface area (Å²) in [7, 11) is 3.04. The number of carbonyl (C=O) groups excluding carboxylic acids is 2. The van der Waals surface area contributed by atoms with Crippen molar-refractivity contribution >= 4 is 35.1 Å². The number of benzene rings is 4. The van der Waals surface area contributed by atoms with Gasteiger partial charge in [-0.3, -0.25) is 9.59 Å². The molecule has 0 saturated carbocycles. The van der Waals surface area contributed by atoms with Crippen molar-refractivity contribution in [3.05, 3.63) is 143 Å². The zero-order valence-corrected chi connectivity index (χ0v) is 26.8. The number of methoxy groups -OCH3 is 2. The molecule has 242 valence electrons. The maximum atomic E-state index is 12.2. The number of hydrogen-bond acceptors (Lipinski definition) is 8. The molecule has 0 spiro atoms. The lowest BCUT2D eigenvalue weighted by molar-refractivity contribution is 0.103. The van der Waals surface area contributed by atoms with E-state index in [0.29, 0.717) is 52.4 Å². The van der Waals surface area contributed by atoms with Gasteiger partial charge in [0.2, 0.25) is 0 Å². The minimum absolute atomic E-state index is 0.125. The summed E-state index contributed by atoms with van der Waals surface area (Å²) in [6.07, 6.45) is 13.0. The van der Waals surface area contributed by atoms with E-state index in [-0.39, 0.29) is 23.1 Å². The molecule has 0 bridgehead atoms. The number of nitrogens with two attached hydrogens (primary N) is 2. The molecule has 6 N–H and O–H groups in total. The molecule has 4 rings (SSSR count). The van der Waals surface area contributed by atoms with Crippen LogP contribution in [0.1, 0.15) is 49.9 Å². The summed E-state index contributed by atoms with van der Waals surface area (Å²) in [5.41, 5.74) is 16.5. The van der Waals surface area contributed by atoms with Crippen molar-refractivity contribution in [3.8, 4) is 23.0 Å². The first-order valence-electron chi connectivity index (χ1n) is 14.8. The van der Waals surface area contributed by atoms with E-state index in [0.717, 1.165) is 16.7 Å². The average molecular weight is 633 g/mol. The summed E-state index contributed by atoms with van der Waals surface area (Å²) >= 11 is 0. The predicted octanol–water partition coefficient (Wildman–Crippen LogP) is 7.61. The van der Waals surface area contributed by atoms with Gasteiger partial charge in [0, 0.05) is 45.8 Å². The van der Waals surface area contributed by atoms with Crippen LogP contribution in [0.25, 0.3) is 12.2 Å². The zero-order chi connectivity index (χ0) is 34.3. The molecule has 0 aromatic heterocycles.